The van der Waals surface area contributed by atoms with Crippen molar-refractivity contribution in [2.75, 3.05) is 39.4 Å². The second-order valence-electron chi connectivity index (χ2n) is 11.8. The van der Waals surface area contributed by atoms with Crippen molar-refractivity contribution >= 4 is 17.7 Å². The van der Waals surface area contributed by atoms with Crippen LogP contribution in [0.5, 0.6) is 11.5 Å². The number of rotatable bonds is 16. The molecule has 1 saturated heterocycles. The molecule has 1 aliphatic heterocycles. The number of nitriles is 1. The van der Waals surface area contributed by atoms with Gasteiger partial charge in [0.05, 0.1) is 37.9 Å². The van der Waals surface area contributed by atoms with E-state index < -0.39 is 49.2 Å². The highest BCUT2D eigenvalue weighted by atomic mass is 19.3. The zero-order valence-electron chi connectivity index (χ0n) is 27.7. The fourth-order valence-electron chi connectivity index (χ4n) is 5.57. The van der Waals surface area contributed by atoms with Crippen LogP contribution < -0.4 is 25.8 Å². The highest BCUT2D eigenvalue weighted by molar-refractivity contribution is 6.02. The Bertz CT molecular complexity index is 1870. The Balaban J connectivity index is 0.988. The summed E-state index contributed by atoms with van der Waals surface area (Å²) in [5.74, 6) is -3.59. The van der Waals surface area contributed by atoms with Gasteiger partial charge in [-0.3, -0.25) is 24.4 Å². The van der Waals surface area contributed by atoms with Gasteiger partial charge in [-0.2, -0.15) is 5.26 Å². The number of likely N-dealkylation sites (tertiary alicyclic amines) is 1. The molecule has 0 bridgehead atoms. The summed E-state index contributed by atoms with van der Waals surface area (Å²) in [6, 6.07) is 18.2. The smallest absolute Gasteiger partial charge is 0.268 e. The number of ether oxygens (including phenoxy) is 2. The molecule has 0 radical (unpaired) electrons. The normalized spacial score (nSPS) is 14.8. The molecule has 264 valence electrons. The molecule has 0 spiro atoms. The number of nitrogens with one attached hydrogen (secondary N) is 2. The lowest BCUT2D eigenvalue weighted by atomic mass is 10.0. The molecule has 1 atom stereocenters. The monoisotopic (exact) mass is 697 g/mol. The number of hydrogen-bond donors (Lipinski definition) is 3. The minimum atomic E-state index is -3.14. The summed E-state index contributed by atoms with van der Waals surface area (Å²) in [6.07, 6.45) is 6.98. The fourth-order valence-corrected chi connectivity index (χ4v) is 5.57. The summed E-state index contributed by atoms with van der Waals surface area (Å²) < 4.78 is 39.1. The van der Waals surface area contributed by atoms with E-state index in [9.17, 15) is 23.2 Å². The van der Waals surface area contributed by atoms with Crippen LogP contribution in [0.2, 0.25) is 0 Å². The van der Waals surface area contributed by atoms with Gasteiger partial charge in [-0.15, -0.1) is 0 Å². The minimum Gasteiger partial charge on any atom is -0.494 e. The van der Waals surface area contributed by atoms with Gasteiger partial charge in [-0.1, -0.05) is 24.3 Å². The van der Waals surface area contributed by atoms with Crippen LogP contribution in [0.4, 0.5) is 8.78 Å². The van der Waals surface area contributed by atoms with Gasteiger partial charge in [0, 0.05) is 47.9 Å². The van der Waals surface area contributed by atoms with E-state index in [4.69, 9.17) is 20.5 Å². The fraction of sp³-hybridized carbons (Fsp3) is 0.297. The van der Waals surface area contributed by atoms with Gasteiger partial charge in [-0.25, -0.2) is 8.78 Å². The zero-order valence-corrected chi connectivity index (χ0v) is 27.7. The molecule has 2 aromatic heterocycles. The quantitative estimate of drug-likeness (QED) is 0.145. The van der Waals surface area contributed by atoms with Crippen molar-refractivity contribution in [3.8, 4) is 39.8 Å². The lowest BCUT2D eigenvalue weighted by molar-refractivity contribution is -0.131. The molecule has 5 rings (SSSR count). The van der Waals surface area contributed by atoms with Gasteiger partial charge < -0.3 is 30.7 Å². The van der Waals surface area contributed by atoms with Gasteiger partial charge in [0.1, 0.15) is 17.5 Å². The first-order chi connectivity index (χ1) is 24.6. The maximum atomic E-state index is 13.7. The van der Waals surface area contributed by atoms with Crippen LogP contribution in [0.3, 0.4) is 0 Å². The molecular weight excluding hydrogens is 660 g/mol. The maximum absolute atomic E-state index is 13.7. The van der Waals surface area contributed by atoms with Crippen LogP contribution in [-0.4, -0.2) is 83.9 Å². The van der Waals surface area contributed by atoms with Crippen molar-refractivity contribution in [2.24, 2.45) is 5.73 Å². The summed E-state index contributed by atoms with van der Waals surface area (Å²) in [4.78, 5) is 46.2. The highest BCUT2D eigenvalue weighted by Gasteiger charge is 2.47. The molecule has 2 aromatic carbocycles. The number of halogens is 2. The van der Waals surface area contributed by atoms with Crippen molar-refractivity contribution in [3.63, 3.8) is 0 Å². The lowest BCUT2D eigenvalue weighted by Gasteiger charge is -2.19. The predicted molar refractivity (Wildman–Crippen MR) is 184 cm³/mol. The zero-order chi connectivity index (χ0) is 36.2. The second-order valence-corrected chi connectivity index (χ2v) is 11.8. The van der Waals surface area contributed by atoms with Crippen LogP contribution in [0.25, 0.3) is 22.3 Å². The number of nitrogens with two attached hydrogens (primary N) is 1. The van der Waals surface area contributed by atoms with Crippen LogP contribution in [0, 0.1) is 11.3 Å². The highest BCUT2D eigenvalue weighted by Crippen LogP contribution is 2.32. The Hall–Kier alpha value is -5.94. The number of aromatic nitrogens is 2. The van der Waals surface area contributed by atoms with E-state index in [1.165, 1.54) is 24.7 Å². The lowest BCUT2D eigenvalue weighted by Crippen LogP contribution is -2.43. The van der Waals surface area contributed by atoms with E-state index in [-0.39, 0.29) is 5.56 Å². The third-order valence-electron chi connectivity index (χ3n) is 8.16. The van der Waals surface area contributed by atoms with Crippen molar-refractivity contribution in [1.82, 2.24) is 25.5 Å². The number of pyridine rings is 2. The average Bonchev–Trinajstić information content (AvgIpc) is 3.48. The molecule has 4 aromatic rings. The maximum Gasteiger partial charge on any atom is 0.268 e. The number of benzene rings is 2. The van der Waals surface area contributed by atoms with Gasteiger partial charge in [0.2, 0.25) is 11.8 Å². The summed E-state index contributed by atoms with van der Waals surface area (Å²) in [5.41, 5.74) is 8.85. The predicted octanol–water partition coefficient (Wildman–Crippen LogP) is 4.23. The molecule has 0 saturated carbocycles. The second kappa shape index (κ2) is 17.1. The van der Waals surface area contributed by atoms with Crippen molar-refractivity contribution in [1.29, 1.82) is 5.26 Å². The molecule has 51 heavy (non-hydrogen) atoms. The molecule has 4 N–H and O–H groups in total. The van der Waals surface area contributed by atoms with Gasteiger partial charge in [0.15, 0.2) is 0 Å². The summed E-state index contributed by atoms with van der Waals surface area (Å²) in [6.45, 7) is 1.19. The number of hydrogen-bond acceptors (Lipinski definition) is 9. The van der Waals surface area contributed by atoms with Crippen LogP contribution >= 0.6 is 0 Å². The molecule has 14 heteroatoms. The van der Waals surface area contributed by atoms with Gasteiger partial charge in [0.25, 0.3) is 11.8 Å². The minimum absolute atomic E-state index is 0.255. The average molecular weight is 698 g/mol. The summed E-state index contributed by atoms with van der Waals surface area (Å²) in [7, 11) is 0. The molecule has 3 amide bonds. The standard InChI is InChI=1S/C37H37F2N7O5/c38-37(39)19-27(20-40)46(24-37)34(47)23-45-36(49)31-12-16-44-22-33(31)26-5-9-29(10-6-26)51-18-2-14-42-13-1-17-50-28-7-3-25(4-8-28)32-21-43-15-11-30(32)35(41)48/h3-12,15-16,21-22,27,42H,1-2,13-14,17-19,23-24H2,(H2,41,48)(H,45,49)/t27-/m0/s1. The summed E-state index contributed by atoms with van der Waals surface area (Å²) in [5, 5.41) is 15.0. The number of primary amides is 1. The van der Waals surface area contributed by atoms with Crippen molar-refractivity contribution in [2.45, 2.75) is 31.2 Å². The molecule has 0 aliphatic carbocycles. The van der Waals surface area contributed by atoms with Crippen molar-refractivity contribution < 1.29 is 32.6 Å². The Morgan fingerprint density at radius 1 is 0.863 bits per heavy atom. The van der Waals surface area contributed by atoms with Crippen LogP contribution in [0.1, 0.15) is 40.0 Å². The van der Waals surface area contributed by atoms with E-state index in [0.29, 0.717) is 41.2 Å². The Labute approximate surface area is 293 Å². The molecule has 1 fully saturated rings. The number of amides is 3. The number of alkyl halides is 2. The molecule has 3 heterocycles. The third-order valence-corrected chi connectivity index (χ3v) is 8.16. The number of carbonyl (C=O) groups excluding carboxylic acids is 3. The Kier molecular flexibility index (Phi) is 12.2. The van der Waals surface area contributed by atoms with E-state index in [2.05, 4.69) is 20.6 Å². The first-order valence-electron chi connectivity index (χ1n) is 16.4. The SMILES string of the molecule is N#C[C@@H]1CC(F)(F)CN1C(=O)CNC(=O)c1ccncc1-c1ccc(OCCCNCCCOc2ccc(-c3cnccc3C(N)=O)cc2)cc1. The largest absolute Gasteiger partial charge is 0.494 e. The van der Waals surface area contributed by atoms with E-state index in [0.717, 1.165) is 42.1 Å². The van der Waals surface area contributed by atoms with Crippen molar-refractivity contribution in [3.05, 3.63) is 96.6 Å². The first kappa shape index (κ1) is 36.3. The third kappa shape index (κ3) is 9.83. The molecule has 12 nitrogen and oxygen atoms in total. The van der Waals surface area contributed by atoms with Crippen LogP contribution in [0.15, 0.2) is 85.5 Å². The van der Waals surface area contributed by atoms with Gasteiger partial charge >= 0.3 is 0 Å². The molecular formula is C37H37F2N7O5. The van der Waals surface area contributed by atoms with Crippen LogP contribution in [-0.2, 0) is 4.79 Å². The number of nitrogens with zero attached hydrogens (tertiary/aromatic N) is 4. The van der Waals surface area contributed by atoms with Gasteiger partial charge in [-0.05, 0) is 73.5 Å². The first-order valence-corrected chi connectivity index (χ1v) is 16.4. The van der Waals surface area contributed by atoms with E-state index in [1.54, 1.807) is 42.6 Å². The van der Waals surface area contributed by atoms with E-state index >= 15 is 0 Å². The Morgan fingerprint density at radius 3 is 1.92 bits per heavy atom. The molecule has 0 unspecified atom stereocenters. The summed E-state index contributed by atoms with van der Waals surface area (Å²) >= 11 is 0. The Morgan fingerprint density at radius 2 is 1.39 bits per heavy atom. The molecule has 1 aliphatic rings. The topological polar surface area (TPSA) is 173 Å². The van der Waals surface area contributed by atoms with E-state index in [1.807, 2.05) is 24.3 Å². The number of carbonyl (C=O) groups is 3.